The van der Waals surface area contributed by atoms with Gasteiger partial charge in [0.2, 0.25) is 16.0 Å². The van der Waals surface area contributed by atoms with Gasteiger partial charge in [-0.2, -0.15) is 0 Å². The van der Waals surface area contributed by atoms with E-state index in [0.717, 1.165) is 35.8 Å². The number of nitrogens with two attached hydrogens (primary N) is 1. The molecule has 0 spiro atoms. The monoisotopic (exact) mass is 495 g/mol. The van der Waals surface area contributed by atoms with Gasteiger partial charge in [-0.3, -0.25) is 4.90 Å². The predicted molar refractivity (Wildman–Crippen MR) is 135 cm³/mol. The van der Waals surface area contributed by atoms with Crippen LogP contribution in [0.5, 0.6) is 5.75 Å². The Hall–Kier alpha value is -3.05. The third-order valence-electron chi connectivity index (χ3n) is 5.78. The molecule has 4 aromatic rings. The Labute approximate surface area is 202 Å². The second-order valence-corrected chi connectivity index (χ2v) is 10.6. The molecule has 176 valence electrons. The smallest absolute Gasteiger partial charge is 0.238 e. The molecule has 1 aliphatic heterocycles. The number of sulfonamides is 1. The number of aromatic nitrogens is 2. The fourth-order valence-corrected chi connectivity index (χ4v) is 5.70. The molecule has 0 bridgehead atoms. The summed E-state index contributed by atoms with van der Waals surface area (Å²) in [6.45, 7) is 3.95. The molecule has 34 heavy (non-hydrogen) atoms. The first kappa shape index (κ1) is 22.7. The molecule has 1 saturated heterocycles. The van der Waals surface area contributed by atoms with Crippen molar-refractivity contribution in [1.29, 1.82) is 0 Å². The number of nitrogens with one attached hydrogen (secondary N) is 1. The first-order valence-electron chi connectivity index (χ1n) is 11.1. The lowest BCUT2D eigenvalue weighted by Crippen LogP contribution is -2.25. The Morgan fingerprint density at radius 2 is 1.82 bits per heavy atom. The third kappa shape index (κ3) is 5.05. The van der Waals surface area contributed by atoms with E-state index in [0.29, 0.717) is 29.2 Å². The van der Waals surface area contributed by atoms with Gasteiger partial charge in [0.25, 0.3) is 0 Å². The van der Waals surface area contributed by atoms with Gasteiger partial charge in [-0.15, -0.1) is 11.3 Å². The summed E-state index contributed by atoms with van der Waals surface area (Å²) in [6.07, 6.45) is 4.29. The lowest BCUT2D eigenvalue weighted by molar-refractivity contribution is 0.238. The molecule has 0 amide bonds. The van der Waals surface area contributed by atoms with E-state index in [1.807, 2.05) is 29.6 Å². The summed E-state index contributed by atoms with van der Waals surface area (Å²) >= 11 is 1.45. The number of nitrogens with zero attached hydrogens (tertiary/aromatic N) is 3. The van der Waals surface area contributed by atoms with Crippen molar-refractivity contribution in [2.45, 2.75) is 17.7 Å². The van der Waals surface area contributed by atoms with Crippen LogP contribution in [0.1, 0.15) is 12.8 Å². The quantitative estimate of drug-likeness (QED) is 0.376. The molecule has 2 aromatic carbocycles. The minimum atomic E-state index is -3.87. The van der Waals surface area contributed by atoms with Gasteiger partial charge in [0.05, 0.1) is 21.3 Å². The number of rotatable bonds is 8. The van der Waals surface area contributed by atoms with Crippen molar-refractivity contribution in [3.05, 3.63) is 60.1 Å². The van der Waals surface area contributed by atoms with Gasteiger partial charge in [0.15, 0.2) is 0 Å². The Bertz CT molecular complexity index is 1400. The maximum absolute atomic E-state index is 12.1. The summed E-state index contributed by atoms with van der Waals surface area (Å²) in [6, 6.07) is 14.4. The van der Waals surface area contributed by atoms with Crippen LogP contribution in [0.25, 0.3) is 21.3 Å². The lowest BCUT2D eigenvalue weighted by atomic mass is 10.1. The SMILES string of the molecule is NS(=O)(=O)c1ccccc1-c1csc2cnc(Nc3ccc(OCCN4CCCC4)cc3)nc12. The minimum Gasteiger partial charge on any atom is -0.492 e. The summed E-state index contributed by atoms with van der Waals surface area (Å²) in [5.41, 5.74) is 2.72. The molecular weight excluding hydrogens is 470 g/mol. The van der Waals surface area contributed by atoms with Crippen LogP contribution in [-0.4, -0.2) is 49.5 Å². The second-order valence-electron chi connectivity index (χ2n) is 8.14. The average molecular weight is 496 g/mol. The number of anilines is 2. The molecule has 8 nitrogen and oxygen atoms in total. The van der Waals surface area contributed by atoms with E-state index in [2.05, 4.69) is 20.2 Å². The maximum atomic E-state index is 12.1. The fourth-order valence-electron chi connectivity index (χ4n) is 4.08. The average Bonchev–Trinajstić information content (AvgIpc) is 3.49. The zero-order valence-electron chi connectivity index (χ0n) is 18.5. The Morgan fingerprint density at radius 1 is 1.06 bits per heavy atom. The Morgan fingerprint density at radius 3 is 2.59 bits per heavy atom. The van der Waals surface area contributed by atoms with Crippen molar-refractivity contribution < 1.29 is 13.2 Å². The molecular formula is C24H25N5O3S2. The van der Waals surface area contributed by atoms with Crippen LogP contribution in [0.4, 0.5) is 11.6 Å². The number of likely N-dealkylation sites (tertiary alicyclic amines) is 1. The van der Waals surface area contributed by atoms with Gasteiger partial charge in [-0.1, -0.05) is 18.2 Å². The van der Waals surface area contributed by atoms with Crippen LogP contribution in [0.2, 0.25) is 0 Å². The molecule has 0 saturated carbocycles. The number of ether oxygens (including phenoxy) is 1. The van der Waals surface area contributed by atoms with Crippen LogP contribution < -0.4 is 15.2 Å². The molecule has 10 heteroatoms. The fraction of sp³-hybridized carbons (Fsp3) is 0.250. The van der Waals surface area contributed by atoms with Crippen molar-refractivity contribution >= 4 is 43.2 Å². The standard InChI is InChI=1S/C24H25N5O3S2/c25-34(30,31)22-6-2-1-5-19(22)20-16-33-21-15-26-24(28-23(20)21)27-17-7-9-18(10-8-17)32-14-13-29-11-3-4-12-29/h1-2,5-10,15-16H,3-4,11-14H2,(H2,25,30,31)(H,26,27,28). The van der Waals surface area contributed by atoms with E-state index in [-0.39, 0.29) is 4.90 Å². The largest absolute Gasteiger partial charge is 0.492 e. The number of hydrogen-bond acceptors (Lipinski definition) is 8. The van der Waals surface area contributed by atoms with Crippen LogP contribution >= 0.6 is 11.3 Å². The topological polar surface area (TPSA) is 110 Å². The summed E-state index contributed by atoms with van der Waals surface area (Å²) in [7, 11) is -3.87. The first-order valence-corrected chi connectivity index (χ1v) is 13.5. The van der Waals surface area contributed by atoms with Crippen molar-refractivity contribution in [2.24, 2.45) is 5.14 Å². The molecule has 1 fully saturated rings. The molecule has 0 radical (unpaired) electrons. The Balaban J connectivity index is 1.33. The van der Waals surface area contributed by atoms with Gasteiger partial charge in [-0.25, -0.2) is 23.5 Å². The third-order valence-corrected chi connectivity index (χ3v) is 7.66. The van der Waals surface area contributed by atoms with Crippen LogP contribution in [0, 0.1) is 0 Å². The predicted octanol–water partition coefficient (Wildman–Crippen LogP) is 4.22. The van der Waals surface area contributed by atoms with E-state index in [9.17, 15) is 8.42 Å². The second kappa shape index (κ2) is 9.67. The number of primary sulfonamides is 1. The summed E-state index contributed by atoms with van der Waals surface area (Å²) in [5.74, 6) is 1.24. The van der Waals surface area contributed by atoms with E-state index in [1.165, 1.54) is 30.2 Å². The molecule has 0 aliphatic carbocycles. The highest BCUT2D eigenvalue weighted by molar-refractivity contribution is 7.89. The number of thiophene rings is 1. The van der Waals surface area contributed by atoms with Crippen LogP contribution in [-0.2, 0) is 10.0 Å². The number of benzene rings is 2. The van der Waals surface area contributed by atoms with Gasteiger partial charge < -0.3 is 10.1 Å². The van der Waals surface area contributed by atoms with Gasteiger partial charge in [0.1, 0.15) is 12.4 Å². The normalized spacial score (nSPS) is 14.5. The van der Waals surface area contributed by atoms with Gasteiger partial charge in [0, 0.05) is 28.7 Å². The zero-order valence-corrected chi connectivity index (χ0v) is 20.1. The van der Waals surface area contributed by atoms with Crippen LogP contribution in [0.3, 0.4) is 0 Å². The van der Waals surface area contributed by atoms with Gasteiger partial charge in [-0.05, 0) is 56.3 Å². The molecule has 3 N–H and O–H groups in total. The Kier molecular flexibility index (Phi) is 6.46. The van der Waals surface area contributed by atoms with Crippen molar-refractivity contribution in [3.8, 4) is 16.9 Å². The molecule has 2 aromatic heterocycles. The highest BCUT2D eigenvalue weighted by Crippen LogP contribution is 2.36. The summed E-state index contributed by atoms with van der Waals surface area (Å²) in [5, 5.41) is 10.5. The van der Waals surface area contributed by atoms with Crippen molar-refractivity contribution in [3.63, 3.8) is 0 Å². The molecule has 0 atom stereocenters. The maximum Gasteiger partial charge on any atom is 0.238 e. The number of fused-ring (bicyclic) bond motifs is 1. The summed E-state index contributed by atoms with van der Waals surface area (Å²) < 4.78 is 30.9. The van der Waals surface area contributed by atoms with Crippen molar-refractivity contribution in [2.75, 3.05) is 31.6 Å². The van der Waals surface area contributed by atoms with Crippen LogP contribution in [0.15, 0.2) is 65.0 Å². The zero-order chi connectivity index (χ0) is 23.5. The molecule has 5 rings (SSSR count). The number of hydrogen-bond donors (Lipinski definition) is 2. The van der Waals surface area contributed by atoms with Crippen molar-refractivity contribution in [1.82, 2.24) is 14.9 Å². The lowest BCUT2D eigenvalue weighted by Gasteiger charge is -2.15. The highest BCUT2D eigenvalue weighted by atomic mass is 32.2. The van der Waals surface area contributed by atoms with E-state index < -0.39 is 10.0 Å². The van der Waals surface area contributed by atoms with E-state index >= 15 is 0 Å². The molecule has 0 unspecified atom stereocenters. The van der Waals surface area contributed by atoms with E-state index in [1.54, 1.807) is 24.4 Å². The summed E-state index contributed by atoms with van der Waals surface area (Å²) in [4.78, 5) is 11.6. The first-order chi connectivity index (χ1) is 16.5. The van der Waals surface area contributed by atoms with Gasteiger partial charge >= 0.3 is 0 Å². The minimum absolute atomic E-state index is 0.0724. The highest BCUT2D eigenvalue weighted by Gasteiger charge is 2.18. The van der Waals surface area contributed by atoms with E-state index in [4.69, 9.17) is 9.88 Å². The molecule has 1 aliphatic rings. The molecule has 3 heterocycles.